The highest BCUT2D eigenvalue weighted by atomic mass is 16.5. The third-order valence-corrected chi connectivity index (χ3v) is 3.01. The van der Waals surface area contributed by atoms with E-state index < -0.39 is 0 Å². The van der Waals surface area contributed by atoms with Crippen LogP contribution in [0, 0.1) is 0 Å². The standard InChI is InChI=1S/C14H18N2O2/c1-3-14(17)15-7-6-10-9-16-13-5-4-11(18-2)8-12(10)13/h4-5,8-9,16H,3,6-7H2,1-2H3,(H,15,17). The number of hydrogen-bond acceptors (Lipinski definition) is 2. The van der Waals surface area contributed by atoms with Gasteiger partial charge in [0.1, 0.15) is 5.75 Å². The zero-order chi connectivity index (χ0) is 13.0. The van der Waals surface area contributed by atoms with Crippen LogP contribution in [0.5, 0.6) is 5.75 Å². The predicted octanol–water partition coefficient (Wildman–Crippen LogP) is 2.25. The van der Waals surface area contributed by atoms with Gasteiger partial charge in [-0.05, 0) is 30.2 Å². The summed E-state index contributed by atoms with van der Waals surface area (Å²) in [5.74, 6) is 0.938. The van der Waals surface area contributed by atoms with Gasteiger partial charge in [0, 0.05) is 30.1 Å². The van der Waals surface area contributed by atoms with E-state index in [9.17, 15) is 4.79 Å². The fourth-order valence-corrected chi connectivity index (χ4v) is 1.95. The molecule has 2 rings (SSSR count). The Labute approximate surface area is 106 Å². The Kier molecular flexibility index (Phi) is 3.87. The van der Waals surface area contributed by atoms with Crippen molar-refractivity contribution in [3.05, 3.63) is 30.0 Å². The number of amides is 1. The second kappa shape index (κ2) is 5.58. The Morgan fingerprint density at radius 1 is 1.44 bits per heavy atom. The summed E-state index contributed by atoms with van der Waals surface area (Å²) >= 11 is 0. The summed E-state index contributed by atoms with van der Waals surface area (Å²) in [6, 6.07) is 5.95. The van der Waals surface area contributed by atoms with Gasteiger partial charge in [0.25, 0.3) is 0 Å². The summed E-state index contributed by atoms with van der Waals surface area (Å²) in [6.07, 6.45) is 3.34. The average molecular weight is 246 g/mol. The Hall–Kier alpha value is -1.97. The van der Waals surface area contributed by atoms with Gasteiger partial charge < -0.3 is 15.0 Å². The van der Waals surface area contributed by atoms with Gasteiger partial charge in [-0.25, -0.2) is 0 Å². The van der Waals surface area contributed by atoms with Crippen molar-refractivity contribution in [1.82, 2.24) is 10.3 Å². The minimum Gasteiger partial charge on any atom is -0.497 e. The summed E-state index contributed by atoms with van der Waals surface area (Å²) in [5, 5.41) is 4.03. The molecule has 1 aromatic heterocycles. The van der Waals surface area contributed by atoms with E-state index >= 15 is 0 Å². The molecule has 4 nitrogen and oxygen atoms in total. The Balaban J connectivity index is 2.10. The molecule has 0 aliphatic rings. The number of benzene rings is 1. The van der Waals surface area contributed by atoms with E-state index in [1.165, 1.54) is 5.56 Å². The van der Waals surface area contributed by atoms with Crippen LogP contribution in [0.1, 0.15) is 18.9 Å². The van der Waals surface area contributed by atoms with Crippen LogP contribution < -0.4 is 10.1 Å². The molecular weight excluding hydrogens is 228 g/mol. The number of nitrogens with one attached hydrogen (secondary N) is 2. The van der Waals surface area contributed by atoms with Gasteiger partial charge in [0.05, 0.1) is 7.11 Å². The summed E-state index contributed by atoms with van der Waals surface area (Å²) in [7, 11) is 1.66. The lowest BCUT2D eigenvalue weighted by Crippen LogP contribution is -2.24. The SMILES string of the molecule is CCC(=O)NCCc1c[nH]c2ccc(OC)cc12. The predicted molar refractivity (Wildman–Crippen MR) is 71.9 cm³/mol. The van der Waals surface area contributed by atoms with Crippen LogP contribution in [0.4, 0.5) is 0 Å². The molecule has 0 unspecified atom stereocenters. The first-order chi connectivity index (χ1) is 8.74. The zero-order valence-electron chi connectivity index (χ0n) is 10.7. The second-order valence-corrected chi connectivity index (χ2v) is 4.18. The third kappa shape index (κ3) is 2.64. The molecule has 0 radical (unpaired) electrons. The molecule has 0 spiro atoms. The number of hydrogen-bond donors (Lipinski definition) is 2. The highest BCUT2D eigenvalue weighted by molar-refractivity contribution is 5.84. The Morgan fingerprint density at radius 2 is 2.28 bits per heavy atom. The summed E-state index contributed by atoms with van der Waals surface area (Å²) in [5.41, 5.74) is 2.29. The van der Waals surface area contributed by atoms with E-state index in [0.717, 1.165) is 23.1 Å². The van der Waals surface area contributed by atoms with Crippen molar-refractivity contribution in [2.75, 3.05) is 13.7 Å². The fraction of sp³-hybridized carbons (Fsp3) is 0.357. The number of H-pyrrole nitrogens is 1. The smallest absolute Gasteiger partial charge is 0.219 e. The number of aromatic nitrogens is 1. The van der Waals surface area contributed by atoms with Crippen molar-refractivity contribution in [1.29, 1.82) is 0 Å². The molecule has 0 aliphatic carbocycles. The molecule has 4 heteroatoms. The van der Waals surface area contributed by atoms with Gasteiger partial charge in [-0.1, -0.05) is 6.92 Å². The van der Waals surface area contributed by atoms with E-state index in [1.54, 1.807) is 7.11 Å². The number of methoxy groups -OCH3 is 1. The van der Waals surface area contributed by atoms with E-state index in [0.29, 0.717) is 13.0 Å². The van der Waals surface area contributed by atoms with E-state index in [2.05, 4.69) is 10.3 Å². The maximum absolute atomic E-state index is 11.2. The van der Waals surface area contributed by atoms with Crippen LogP contribution in [-0.4, -0.2) is 24.5 Å². The van der Waals surface area contributed by atoms with E-state index in [-0.39, 0.29) is 5.91 Å². The Morgan fingerprint density at radius 3 is 3.00 bits per heavy atom. The first-order valence-electron chi connectivity index (χ1n) is 6.15. The van der Waals surface area contributed by atoms with Crippen molar-refractivity contribution in [2.24, 2.45) is 0 Å². The van der Waals surface area contributed by atoms with Crippen LogP contribution >= 0.6 is 0 Å². The molecular formula is C14H18N2O2. The molecule has 96 valence electrons. The number of fused-ring (bicyclic) bond motifs is 1. The number of carbonyl (C=O) groups excluding carboxylic acids is 1. The van der Waals surface area contributed by atoms with Gasteiger partial charge >= 0.3 is 0 Å². The van der Waals surface area contributed by atoms with Crippen molar-refractivity contribution in [3.8, 4) is 5.75 Å². The molecule has 1 heterocycles. The summed E-state index contributed by atoms with van der Waals surface area (Å²) in [6.45, 7) is 2.52. The summed E-state index contributed by atoms with van der Waals surface area (Å²) in [4.78, 5) is 14.4. The number of carbonyl (C=O) groups is 1. The first-order valence-corrected chi connectivity index (χ1v) is 6.15. The molecule has 0 saturated carbocycles. The molecule has 1 amide bonds. The Bertz CT molecular complexity index is 546. The molecule has 2 N–H and O–H groups in total. The molecule has 2 aromatic rings. The van der Waals surface area contributed by atoms with Gasteiger partial charge in [0.15, 0.2) is 0 Å². The van der Waals surface area contributed by atoms with E-state index in [1.807, 2.05) is 31.3 Å². The number of rotatable bonds is 5. The topological polar surface area (TPSA) is 54.1 Å². The van der Waals surface area contributed by atoms with Gasteiger partial charge in [0.2, 0.25) is 5.91 Å². The fourth-order valence-electron chi connectivity index (χ4n) is 1.95. The molecule has 0 aliphatic heterocycles. The summed E-state index contributed by atoms with van der Waals surface area (Å²) < 4.78 is 5.22. The van der Waals surface area contributed by atoms with Crippen molar-refractivity contribution >= 4 is 16.8 Å². The molecule has 1 aromatic carbocycles. The minimum atomic E-state index is 0.0902. The van der Waals surface area contributed by atoms with Gasteiger partial charge in [-0.2, -0.15) is 0 Å². The lowest BCUT2D eigenvalue weighted by molar-refractivity contribution is -0.120. The monoisotopic (exact) mass is 246 g/mol. The quantitative estimate of drug-likeness (QED) is 0.850. The van der Waals surface area contributed by atoms with Crippen LogP contribution in [0.15, 0.2) is 24.4 Å². The average Bonchev–Trinajstić information content (AvgIpc) is 2.81. The van der Waals surface area contributed by atoms with Crippen molar-refractivity contribution in [3.63, 3.8) is 0 Å². The maximum atomic E-state index is 11.2. The number of ether oxygens (including phenoxy) is 1. The van der Waals surface area contributed by atoms with Crippen LogP contribution in [-0.2, 0) is 11.2 Å². The molecule has 18 heavy (non-hydrogen) atoms. The highest BCUT2D eigenvalue weighted by Crippen LogP contribution is 2.23. The zero-order valence-corrected chi connectivity index (χ0v) is 10.7. The van der Waals surface area contributed by atoms with Crippen molar-refractivity contribution in [2.45, 2.75) is 19.8 Å². The van der Waals surface area contributed by atoms with E-state index in [4.69, 9.17) is 4.74 Å². The lowest BCUT2D eigenvalue weighted by atomic mass is 10.1. The van der Waals surface area contributed by atoms with Crippen LogP contribution in [0.2, 0.25) is 0 Å². The highest BCUT2D eigenvalue weighted by Gasteiger charge is 2.05. The van der Waals surface area contributed by atoms with Crippen LogP contribution in [0.25, 0.3) is 10.9 Å². The van der Waals surface area contributed by atoms with Gasteiger partial charge in [-0.15, -0.1) is 0 Å². The van der Waals surface area contributed by atoms with Gasteiger partial charge in [-0.3, -0.25) is 4.79 Å². The van der Waals surface area contributed by atoms with Crippen LogP contribution in [0.3, 0.4) is 0 Å². The molecule has 0 atom stereocenters. The molecule has 0 saturated heterocycles. The number of aromatic amines is 1. The third-order valence-electron chi connectivity index (χ3n) is 3.01. The lowest BCUT2D eigenvalue weighted by Gasteiger charge is -2.03. The second-order valence-electron chi connectivity index (χ2n) is 4.18. The first kappa shape index (κ1) is 12.5. The largest absolute Gasteiger partial charge is 0.497 e. The molecule has 0 bridgehead atoms. The molecule has 0 fully saturated rings. The van der Waals surface area contributed by atoms with Crippen molar-refractivity contribution < 1.29 is 9.53 Å². The maximum Gasteiger partial charge on any atom is 0.219 e. The minimum absolute atomic E-state index is 0.0902. The normalized spacial score (nSPS) is 10.6.